The average Bonchev–Trinajstić information content (AvgIpc) is 2.41. The zero-order chi connectivity index (χ0) is 13.0. The highest BCUT2D eigenvalue weighted by molar-refractivity contribution is 5.32. The molecule has 2 unspecified atom stereocenters. The van der Waals surface area contributed by atoms with E-state index in [1.807, 2.05) is 18.2 Å². The lowest BCUT2D eigenvalue weighted by molar-refractivity contribution is 0.0130. The van der Waals surface area contributed by atoms with E-state index in [2.05, 4.69) is 24.0 Å². The number of likely N-dealkylation sites (tertiary alicyclic amines) is 1. The van der Waals surface area contributed by atoms with Crippen molar-refractivity contribution >= 4 is 0 Å². The van der Waals surface area contributed by atoms with Crippen LogP contribution < -0.4 is 0 Å². The molecule has 1 aliphatic rings. The van der Waals surface area contributed by atoms with Crippen LogP contribution in [0.3, 0.4) is 0 Å². The lowest BCUT2D eigenvalue weighted by Crippen LogP contribution is -2.42. The number of nitrogens with zero attached hydrogens (tertiary/aromatic N) is 2. The Morgan fingerprint density at radius 2 is 2.33 bits per heavy atom. The first-order valence-corrected chi connectivity index (χ1v) is 6.49. The van der Waals surface area contributed by atoms with Gasteiger partial charge in [0.25, 0.3) is 0 Å². The molecule has 1 saturated heterocycles. The van der Waals surface area contributed by atoms with E-state index >= 15 is 0 Å². The summed E-state index contributed by atoms with van der Waals surface area (Å²) in [4.78, 5) is 2.46. The van der Waals surface area contributed by atoms with E-state index in [-0.39, 0.29) is 0 Å². The van der Waals surface area contributed by atoms with E-state index < -0.39 is 0 Å². The van der Waals surface area contributed by atoms with Crippen LogP contribution in [0.25, 0.3) is 0 Å². The van der Waals surface area contributed by atoms with Crippen LogP contribution in [0.4, 0.5) is 0 Å². The van der Waals surface area contributed by atoms with E-state index in [0.717, 1.165) is 31.5 Å². The van der Waals surface area contributed by atoms with Gasteiger partial charge in [-0.2, -0.15) is 5.26 Å². The maximum Gasteiger partial charge on any atom is 0.0991 e. The molecular weight excluding hydrogens is 224 g/mol. The molecule has 3 heteroatoms. The smallest absolute Gasteiger partial charge is 0.0991 e. The van der Waals surface area contributed by atoms with Crippen molar-refractivity contribution in [3.05, 3.63) is 35.4 Å². The SMILES string of the molecule is COC1CCN(Cc2cccc(C#N)c2)C(C)C1. The van der Waals surface area contributed by atoms with Crippen LogP contribution in [0.2, 0.25) is 0 Å². The Morgan fingerprint density at radius 3 is 3.00 bits per heavy atom. The lowest BCUT2D eigenvalue weighted by atomic mass is 9.99. The fraction of sp³-hybridized carbons (Fsp3) is 0.533. The Kier molecular flexibility index (Phi) is 4.35. The minimum atomic E-state index is 0.404. The maximum absolute atomic E-state index is 8.91. The summed E-state index contributed by atoms with van der Waals surface area (Å²) in [6.45, 7) is 4.24. The summed E-state index contributed by atoms with van der Waals surface area (Å²) in [5.74, 6) is 0. The van der Waals surface area contributed by atoms with Gasteiger partial charge in [-0.15, -0.1) is 0 Å². The molecule has 0 radical (unpaired) electrons. The molecule has 0 N–H and O–H groups in total. The second kappa shape index (κ2) is 5.99. The van der Waals surface area contributed by atoms with Crippen molar-refractivity contribution < 1.29 is 4.74 Å². The van der Waals surface area contributed by atoms with Crippen molar-refractivity contribution in [1.82, 2.24) is 4.90 Å². The highest BCUT2D eigenvalue weighted by atomic mass is 16.5. The number of hydrogen-bond acceptors (Lipinski definition) is 3. The Labute approximate surface area is 109 Å². The molecule has 1 aromatic rings. The van der Waals surface area contributed by atoms with Gasteiger partial charge in [0.05, 0.1) is 17.7 Å². The van der Waals surface area contributed by atoms with E-state index in [0.29, 0.717) is 12.1 Å². The molecule has 0 bridgehead atoms. The van der Waals surface area contributed by atoms with Gasteiger partial charge >= 0.3 is 0 Å². The van der Waals surface area contributed by atoms with Crippen molar-refractivity contribution in [2.75, 3.05) is 13.7 Å². The normalized spacial score (nSPS) is 24.7. The molecular formula is C15H20N2O. The average molecular weight is 244 g/mol. The van der Waals surface area contributed by atoms with Gasteiger partial charge in [-0.1, -0.05) is 12.1 Å². The van der Waals surface area contributed by atoms with Gasteiger partial charge in [0.15, 0.2) is 0 Å². The molecule has 2 atom stereocenters. The van der Waals surface area contributed by atoms with Crippen molar-refractivity contribution in [2.24, 2.45) is 0 Å². The van der Waals surface area contributed by atoms with Crippen LogP contribution >= 0.6 is 0 Å². The molecule has 1 heterocycles. The minimum Gasteiger partial charge on any atom is -0.381 e. The van der Waals surface area contributed by atoms with Gasteiger partial charge in [-0.05, 0) is 37.5 Å². The van der Waals surface area contributed by atoms with Crippen molar-refractivity contribution in [3.63, 3.8) is 0 Å². The third-order valence-corrected chi connectivity index (χ3v) is 3.74. The first-order chi connectivity index (χ1) is 8.72. The molecule has 18 heavy (non-hydrogen) atoms. The molecule has 2 rings (SSSR count). The van der Waals surface area contributed by atoms with Crippen LogP contribution in [0.1, 0.15) is 30.9 Å². The number of hydrogen-bond donors (Lipinski definition) is 0. The highest BCUT2D eigenvalue weighted by Crippen LogP contribution is 2.21. The largest absolute Gasteiger partial charge is 0.381 e. The van der Waals surface area contributed by atoms with E-state index in [4.69, 9.17) is 10.00 Å². The predicted molar refractivity (Wildman–Crippen MR) is 71.1 cm³/mol. The maximum atomic E-state index is 8.91. The third kappa shape index (κ3) is 3.10. The fourth-order valence-corrected chi connectivity index (χ4v) is 2.60. The van der Waals surface area contributed by atoms with Gasteiger partial charge in [-0.3, -0.25) is 4.90 Å². The number of piperidine rings is 1. The van der Waals surface area contributed by atoms with E-state index in [1.165, 1.54) is 5.56 Å². The van der Waals surface area contributed by atoms with E-state index in [9.17, 15) is 0 Å². The summed E-state index contributed by atoms with van der Waals surface area (Å²) < 4.78 is 5.43. The van der Waals surface area contributed by atoms with Gasteiger partial charge in [-0.25, -0.2) is 0 Å². The minimum absolute atomic E-state index is 0.404. The van der Waals surface area contributed by atoms with Gasteiger partial charge in [0.2, 0.25) is 0 Å². The van der Waals surface area contributed by atoms with Gasteiger partial charge in [0.1, 0.15) is 0 Å². The zero-order valence-electron chi connectivity index (χ0n) is 11.1. The monoisotopic (exact) mass is 244 g/mol. The summed E-state index contributed by atoms with van der Waals surface area (Å²) in [5, 5.41) is 8.91. The first kappa shape index (κ1) is 13.1. The second-order valence-electron chi connectivity index (χ2n) is 5.01. The molecule has 0 saturated carbocycles. The third-order valence-electron chi connectivity index (χ3n) is 3.74. The second-order valence-corrected chi connectivity index (χ2v) is 5.01. The van der Waals surface area contributed by atoms with E-state index in [1.54, 1.807) is 7.11 Å². The molecule has 1 fully saturated rings. The summed E-state index contributed by atoms with van der Waals surface area (Å²) >= 11 is 0. The van der Waals surface area contributed by atoms with Crippen LogP contribution in [0.5, 0.6) is 0 Å². The van der Waals surface area contributed by atoms with Crippen LogP contribution in [0, 0.1) is 11.3 Å². The number of rotatable bonds is 3. The standard InChI is InChI=1S/C15H20N2O/c1-12-8-15(18-2)6-7-17(12)11-14-5-3-4-13(9-14)10-16/h3-5,9,12,15H,6-8,11H2,1-2H3. The Balaban J connectivity index is 1.99. The number of methoxy groups -OCH3 is 1. The highest BCUT2D eigenvalue weighted by Gasteiger charge is 2.25. The molecule has 0 amide bonds. The fourth-order valence-electron chi connectivity index (χ4n) is 2.60. The van der Waals surface area contributed by atoms with Crippen LogP contribution in [-0.2, 0) is 11.3 Å². The topological polar surface area (TPSA) is 36.3 Å². The number of ether oxygens (including phenoxy) is 1. The Morgan fingerprint density at radius 1 is 1.50 bits per heavy atom. The van der Waals surface area contributed by atoms with Crippen molar-refractivity contribution in [1.29, 1.82) is 5.26 Å². The van der Waals surface area contributed by atoms with Gasteiger partial charge < -0.3 is 4.74 Å². The summed E-state index contributed by atoms with van der Waals surface area (Å²) in [6, 6.07) is 10.6. The molecule has 96 valence electrons. The Bertz CT molecular complexity index is 438. The first-order valence-electron chi connectivity index (χ1n) is 6.49. The molecule has 0 aromatic heterocycles. The quantitative estimate of drug-likeness (QED) is 0.820. The predicted octanol–water partition coefficient (Wildman–Crippen LogP) is 2.56. The molecule has 1 aliphatic heterocycles. The molecule has 0 spiro atoms. The van der Waals surface area contributed by atoms with Gasteiger partial charge in [0, 0.05) is 26.2 Å². The van der Waals surface area contributed by atoms with Crippen LogP contribution in [0.15, 0.2) is 24.3 Å². The number of nitriles is 1. The molecule has 1 aromatic carbocycles. The summed E-state index contributed by atoms with van der Waals surface area (Å²) in [7, 11) is 1.80. The van der Waals surface area contributed by atoms with Crippen LogP contribution in [-0.4, -0.2) is 30.7 Å². The summed E-state index contributed by atoms with van der Waals surface area (Å²) in [5.41, 5.74) is 1.96. The number of benzene rings is 1. The van der Waals surface area contributed by atoms with Crippen molar-refractivity contribution in [3.8, 4) is 6.07 Å². The lowest BCUT2D eigenvalue weighted by Gasteiger charge is -2.37. The molecule has 0 aliphatic carbocycles. The summed E-state index contributed by atoms with van der Waals surface area (Å²) in [6.07, 6.45) is 2.59. The van der Waals surface area contributed by atoms with Crippen molar-refractivity contribution in [2.45, 2.75) is 38.5 Å². The zero-order valence-corrected chi connectivity index (χ0v) is 11.1. The Hall–Kier alpha value is -1.37. The molecule has 3 nitrogen and oxygen atoms in total.